The van der Waals surface area contributed by atoms with Crippen LogP contribution in [0.2, 0.25) is 0 Å². The van der Waals surface area contributed by atoms with Gasteiger partial charge in [-0.25, -0.2) is 0 Å². The maximum Gasteiger partial charge on any atom is 0.143 e. The van der Waals surface area contributed by atoms with Gasteiger partial charge in [0.05, 0.1) is 0 Å². The van der Waals surface area contributed by atoms with Crippen LogP contribution in [-0.2, 0) is 5.41 Å². The quantitative estimate of drug-likeness (QED) is 0.169. The molecule has 2 aromatic heterocycles. The van der Waals surface area contributed by atoms with Crippen molar-refractivity contribution in [1.82, 2.24) is 0 Å². The number of hydrogen-bond acceptors (Lipinski definition) is 3. The predicted molar refractivity (Wildman–Crippen MR) is 250 cm³/mol. The molecule has 0 saturated heterocycles. The van der Waals surface area contributed by atoms with Crippen molar-refractivity contribution in [3.63, 3.8) is 0 Å². The molecule has 3 nitrogen and oxygen atoms in total. The number of benzene rings is 9. The van der Waals surface area contributed by atoms with Crippen LogP contribution in [0.15, 0.2) is 209 Å². The molecule has 0 saturated carbocycles. The van der Waals surface area contributed by atoms with E-state index in [1.807, 2.05) is 6.07 Å². The van der Waals surface area contributed by atoms with E-state index in [4.69, 9.17) is 8.83 Å². The van der Waals surface area contributed by atoms with Gasteiger partial charge in [-0.1, -0.05) is 159 Å². The second-order valence-electron chi connectivity index (χ2n) is 16.5. The highest BCUT2D eigenvalue weighted by molar-refractivity contribution is 6.16. The Morgan fingerprint density at radius 2 is 0.850 bits per heavy atom. The molecule has 0 unspecified atom stereocenters. The molecule has 11 aromatic rings. The van der Waals surface area contributed by atoms with Crippen molar-refractivity contribution >= 4 is 60.9 Å². The number of anilines is 3. The van der Waals surface area contributed by atoms with Crippen molar-refractivity contribution < 1.29 is 8.83 Å². The summed E-state index contributed by atoms with van der Waals surface area (Å²) >= 11 is 0. The van der Waals surface area contributed by atoms with Gasteiger partial charge in [0.1, 0.15) is 22.3 Å². The first-order valence-corrected chi connectivity index (χ1v) is 20.7. The highest BCUT2D eigenvalue weighted by atomic mass is 16.3. The number of para-hydroxylation sites is 1. The van der Waals surface area contributed by atoms with Crippen LogP contribution in [0.3, 0.4) is 0 Å². The van der Waals surface area contributed by atoms with Crippen LogP contribution in [0, 0.1) is 0 Å². The first-order chi connectivity index (χ1) is 29.5. The lowest BCUT2D eigenvalue weighted by Crippen LogP contribution is -2.16. The van der Waals surface area contributed by atoms with Gasteiger partial charge in [-0.05, 0) is 98.6 Å². The largest absolute Gasteiger partial charge is 0.456 e. The molecule has 1 aliphatic rings. The Kier molecular flexibility index (Phi) is 7.58. The van der Waals surface area contributed by atoms with Gasteiger partial charge in [0.25, 0.3) is 0 Å². The van der Waals surface area contributed by atoms with E-state index in [9.17, 15) is 0 Å². The average molecular weight is 770 g/mol. The fourth-order valence-electron chi connectivity index (χ4n) is 9.61. The van der Waals surface area contributed by atoms with Gasteiger partial charge in [-0.2, -0.15) is 0 Å². The van der Waals surface area contributed by atoms with E-state index < -0.39 is 0 Å². The molecule has 1 aliphatic carbocycles. The molecular weight excluding hydrogens is 731 g/mol. The van der Waals surface area contributed by atoms with Gasteiger partial charge in [-0.15, -0.1) is 0 Å². The summed E-state index contributed by atoms with van der Waals surface area (Å²) in [6, 6.07) is 71.8. The molecule has 284 valence electrons. The summed E-state index contributed by atoms with van der Waals surface area (Å²) < 4.78 is 13.4. The van der Waals surface area contributed by atoms with Gasteiger partial charge < -0.3 is 13.7 Å². The molecule has 0 fully saturated rings. The second kappa shape index (κ2) is 13.2. The zero-order chi connectivity index (χ0) is 40.0. The molecule has 12 rings (SSSR count). The SMILES string of the molecule is CC1(C)c2ccccc2-c2ccc(N(c3ccc(-c4ccc(-c5ccccc5)cc4)cc3)c3ccc4c(c3)oc3cc5c(cc34)oc3c(-c4ccccc4)cccc35)cc21. The summed E-state index contributed by atoms with van der Waals surface area (Å²) in [6.07, 6.45) is 0. The van der Waals surface area contributed by atoms with Crippen LogP contribution < -0.4 is 4.90 Å². The van der Waals surface area contributed by atoms with Crippen LogP contribution in [0.5, 0.6) is 0 Å². The predicted octanol–water partition coefficient (Wildman–Crippen LogP) is 16.3. The summed E-state index contributed by atoms with van der Waals surface area (Å²) in [4.78, 5) is 2.36. The zero-order valence-corrected chi connectivity index (χ0v) is 33.3. The molecule has 0 bridgehead atoms. The first kappa shape index (κ1) is 34.4. The van der Waals surface area contributed by atoms with E-state index in [1.165, 1.54) is 44.5 Å². The Hall–Kier alpha value is -7.62. The van der Waals surface area contributed by atoms with Gasteiger partial charge >= 0.3 is 0 Å². The molecule has 0 aliphatic heterocycles. The lowest BCUT2D eigenvalue weighted by molar-refractivity contribution is 0.660. The smallest absolute Gasteiger partial charge is 0.143 e. The molecule has 3 heteroatoms. The fraction of sp³-hybridized carbons (Fsp3) is 0.0526. The maximum absolute atomic E-state index is 6.76. The Morgan fingerprint density at radius 3 is 1.58 bits per heavy atom. The lowest BCUT2D eigenvalue weighted by atomic mass is 9.82. The van der Waals surface area contributed by atoms with E-state index in [0.717, 1.165) is 72.1 Å². The van der Waals surface area contributed by atoms with E-state index in [-0.39, 0.29) is 5.41 Å². The van der Waals surface area contributed by atoms with Gasteiger partial charge in [0.2, 0.25) is 0 Å². The van der Waals surface area contributed by atoms with Gasteiger partial charge in [-0.3, -0.25) is 0 Å². The van der Waals surface area contributed by atoms with Crippen LogP contribution in [0.25, 0.3) is 88.4 Å². The van der Waals surface area contributed by atoms with Crippen molar-refractivity contribution in [3.8, 4) is 44.5 Å². The minimum absolute atomic E-state index is 0.130. The monoisotopic (exact) mass is 769 g/mol. The number of hydrogen-bond donors (Lipinski definition) is 0. The molecule has 0 N–H and O–H groups in total. The molecule has 0 spiro atoms. The third-order valence-electron chi connectivity index (χ3n) is 12.7. The fourth-order valence-corrected chi connectivity index (χ4v) is 9.61. The summed E-state index contributed by atoms with van der Waals surface area (Å²) in [7, 11) is 0. The Morgan fingerprint density at radius 1 is 0.333 bits per heavy atom. The Bertz CT molecular complexity index is 3430. The molecule has 2 heterocycles. The lowest BCUT2D eigenvalue weighted by Gasteiger charge is -2.28. The van der Waals surface area contributed by atoms with Crippen molar-refractivity contribution in [2.75, 3.05) is 4.90 Å². The standard InChI is InChI=1S/C57H39NO2/c1-57(2)51-19-10-9-16-45(51)46-30-28-42(32-52(46)57)58(41-26-24-39(25-27-41)38-22-20-37(21-23-38)36-12-5-3-6-13-36)43-29-31-47-49-34-55-50(35-54(49)59-53(47)33-43)48-18-11-17-44(56(48)60-55)40-14-7-4-8-15-40/h3-35H,1-2H3. The third-order valence-corrected chi connectivity index (χ3v) is 12.7. The van der Waals surface area contributed by atoms with E-state index in [1.54, 1.807) is 0 Å². The summed E-state index contributed by atoms with van der Waals surface area (Å²) in [5, 5.41) is 4.22. The topological polar surface area (TPSA) is 29.5 Å². The van der Waals surface area contributed by atoms with Crippen molar-refractivity contribution in [2.45, 2.75) is 19.3 Å². The molecule has 9 aromatic carbocycles. The molecule has 60 heavy (non-hydrogen) atoms. The summed E-state index contributed by atoms with van der Waals surface area (Å²) in [5.41, 5.74) is 18.8. The second-order valence-corrected chi connectivity index (χ2v) is 16.5. The maximum atomic E-state index is 6.76. The van der Waals surface area contributed by atoms with E-state index in [2.05, 4.69) is 213 Å². The minimum atomic E-state index is -0.130. The molecule has 0 radical (unpaired) electrons. The normalized spacial score (nSPS) is 13.0. The van der Waals surface area contributed by atoms with Crippen molar-refractivity contribution in [1.29, 1.82) is 0 Å². The van der Waals surface area contributed by atoms with Gasteiger partial charge in [0, 0.05) is 55.7 Å². The Labute approximate surface area is 348 Å². The average Bonchev–Trinajstić information content (AvgIpc) is 3.93. The van der Waals surface area contributed by atoms with E-state index in [0.29, 0.717) is 0 Å². The highest BCUT2D eigenvalue weighted by Gasteiger charge is 2.35. The zero-order valence-electron chi connectivity index (χ0n) is 33.3. The molecule has 0 atom stereocenters. The number of furan rings is 2. The van der Waals surface area contributed by atoms with Crippen LogP contribution in [0.1, 0.15) is 25.0 Å². The number of nitrogens with zero attached hydrogens (tertiary/aromatic N) is 1. The number of rotatable bonds is 6. The van der Waals surface area contributed by atoms with Gasteiger partial charge in [0.15, 0.2) is 0 Å². The minimum Gasteiger partial charge on any atom is -0.456 e. The molecular formula is C57H39NO2. The first-order valence-electron chi connectivity index (χ1n) is 20.7. The highest BCUT2D eigenvalue weighted by Crippen LogP contribution is 2.51. The number of fused-ring (bicyclic) bond motifs is 9. The van der Waals surface area contributed by atoms with Crippen LogP contribution >= 0.6 is 0 Å². The molecule has 0 amide bonds. The third kappa shape index (κ3) is 5.36. The van der Waals surface area contributed by atoms with Crippen molar-refractivity contribution in [2.24, 2.45) is 0 Å². The van der Waals surface area contributed by atoms with Crippen LogP contribution in [-0.4, -0.2) is 0 Å². The van der Waals surface area contributed by atoms with Crippen LogP contribution in [0.4, 0.5) is 17.1 Å². The van der Waals surface area contributed by atoms with E-state index >= 15 is 0 Å². The Balaban J connectivity index is 0.970. The summed E-state index contributed by atoms with van der Waals surface area (Å²) in [6.45, 7) is 4.68. The summed E-state index contributed by atoms with van der Waals surface area (Å²) in [5.74, 6) is 0. The van der Waals surface area contributed by atoms with Crippen molar-refractivity contribution in [3.05, 3.63) is 211 Å².